The first-order chi connectivity index (χ1) is 10.4. The quantitative estimate of drug-likeness (QED) is 0.613. The van der Waals surface area contributed by atoms with E-state index in [0.717, 1.165) is 0 Å². The Kier molecular flexibility index (Phi) is 8.62. The molecule has 0 aromatic rings. The van der Waals surface area contributed by atoms with Crippen LogP contribution in [0, 0.1) is 0 Å². The number of nitrogens with one attached hydrogen (secondary N) is 1. The van der Waals surface area contributed by atoms with Gasteiger partial charge < -0.3 is 24.2 Å². The Balaban J connectivity index is 5.00. The largest absolute Gasteiger partial charge is 0.444 e. The molecule has 0 heterocycles. The Morgan fingerprint density at radius 1 is 1.22 bits per heavy atom. The molecule has 0 bridgehead atoms. The fourth-order valence-electron chi connectivity index (χ4n) is 1.61. The van der Waals surface area contributed by atoms with E-state index in [1.54, 1.807) is 20.8 Å². The summed E-state index contributed by atoms with van der Waals surface area (Å²) in [6.45, 7) is 6.39. The number of alkyl halides is 2. The monoisotopic (exact) mass is 361 g/mol. The molecule has 7 nitrogen and oxygen atoms in total. The van der Waals surface area contributed by atoms with Crippen LogP contribution in [0.4, 0.5) is 13.6 Å². The van der Waals surface area contributed by atoms with Crippen LogP contribution in [0.5, 0.6) is 0 Å². The number of hydrogen-bond donors (Lipinski definition) is 2. The van der Waals surface area contributed by atoms with E-state index in [0.29, 0.717) is 0 Å². The molecule has 0 spiro atoms. The number of rotatable bonds is 9. The highest BCUT2D eigenvalue weighted by molar-refractivity contribution is 7.55. The van der Waals surface area contributed by atoms with E-state index >= 15 is 0 Å². The van der Waals surface area contributed by atoms with Gasteiger partial charge >= 0.3 is 19.4 Å². The van der Waals surface area contributed by atoms with Gasteiger partial charge in [-0.3, -0.25) is 4.57 Å². The summed E-state index contributed by atoms with van der Waals surface area (Å²) in [6.07, 6.45) is -2.07. The highest BCUT2D eigenvalue weighted by Crippen LogP contribution is 2.63. The summed E-state index contributed by atoms with van der Waals surface area (Å²) < 4.78 is 54.9. The van der Waals surface area contributed by atoms with Crippen LogP contribution in [0.3, 0.4) is 0 Å². The molecular weight excluding hydrogens is 335 g/mol. The molecule has 138 valence electrons. The third-order valence-electron chi connectivity index (χ3n) is 2.43. The van der Waals surface area contributed by atoms with E-state index < -0.39 is 44.0 Å². The van der Waals surface area contributed by atoms with Gasteiger partial charge in [-0.1, -0.05) is 0 Å². The number of alkyl carbamates (subject to hydrolysis) is 1. The summed E-state index contributed by atoms with van der Waals surface area (Å²) in [7, 11) is -4.71. The summed E-state index contributed by atoms with van der Waals surface area (Å²) in [5, 5.41) is 11.3. The van der Waals surface area contributed by atoms with Gasteiger partial charge in [0.05, 0.1) is 25.9 Å². The first-order valence-corrected chi connectivity index (χ1v) is 8.82. The maximum atomic E-state index is 14.3. The number of amides is 1. The molecule has 0 saturated carbocycles. The van der Waals surface area contributed by atoms with Gasteiger partial charge in [-0.05, 0) is 34.6 Å². The van der Waals surface area contributed by atoms with Crippen LogP contribution in [0.15, 0.2) is 0 Å². The summed E-state index contributed by atoms with van der Waals surface area (Å²) in [4.78, 5) is 11.6. The number of hydrogen-bond acceptors (Lipinski definition) is 6. The van der Waals surface area contributed by atoms with E-state index in [9.17, 15) is 23.2 Å². The van der Waals surface area contributed by atoms with Gasteiger partial charge in [-0.25, -0.2) is 4.79 Å². The number of aliphatic hydroxyl groups is 1. The fourth-order valence-corrected chi connectivity index (χ4v) is 3.19. The van der Waals surface area contributed by atoms with Gasteiger partial charge in [0.15, 0.2) is 0 Å². The minimum absolute atomic E-state index is 0.226. The van der Waals surface area contributed by atoms with Crippen LogP contribution in [-0.4, -0.2) is 48.3 Å². The van der Waals surface area contributed by atoms with Crippen LogP contribution in [0.2, 0.25) is 0 Å². The number of carbonyl (C=O) groups is 1. The van der Waals surface area contributed by atoms with Crippen molar-refractivity contribution in [2.24, 2.45) is 0 Å². The topological polar surface area (TPSA) is 94.1 Å². The van der Waals surface area contributed by atoms with E-state index in [-0.39, 0.29) is 13.2 Å². The van der Waals surface area contributed by atoms with Crippen molar-refractivity contribution in [3.63, 3.8) is 0 Å². The number of ether oxygens (including phenoxy) is 1. The van der Waals surface area contributed by atoms with Crippen molar-refractivity contribution in [1.29, 1.82) is 0 Å². The molecule has 0 aliphatic carbocycles. The van der Waals surface area contributed by atoms with Gasteiger partial charge in [0.25, 0.3) is 0 Å². The van der Waals surface area contributed by atoms with Crippen LogP contribution in [-0.2, 0) is 18.3 Å². The fraction of sp³-hybridized carbons (Fsp3) is 0.923. The smallest absolute Gasteiger partial charge is 0.407 e. The Hall–Kier alpha value is -0.760. The molecule has 1 amide bonds. The molecule has 2 N–H and O–H groups in total. The predicted octanol–water partition coefficient (Wildman–Crippen LogP) is 3.12. The summed E-state index contributed by atoms with van der Waals surface area (Å²) in [5.74, 6) is 0. The zero-order valence-electron chi connectivity index (χ0n) is 14.1. The van der Waals surface area contributed by atoms with Crippen molar-refractivity contribution in [1.82, 2.24) is 5.32 Å². The van der Waals surface area contributed by atoms with Gasteiger partial charge in [0.1, 0.15) is 5.60 Å². The van der Waals surface area contributed by atoms with E-state index in [1.807, 2.05) is 0 Å². The zero-order chi connectivity index (χ0) is 18.3. The highest BCUT2D eigenvalue weighted by atomic mass is 31.2. The maximum absolute atomic E-state index is 14.3. The van der Waals surface area contributed by atoms with Crippen LogP contribution in [0.1, 0.15) is 41.0 Å². The van der Waals surface area contributed by atoms with Crippen molar-refractivity contribution in [3.8, 4) is 0 Å². The lowest BCUT2D eigenvalue weighted by atomic mass is 10.2. The first kappa shape index (κ1) is 22.2. The van der Waals surface area contributed by atoms with Crippen LogP contribution < -0.4 is 5.32 Å². The van der Waals surface area contributed by atoms with E-state index in [4.69, 9.17) is 4.74 Å². The van der Waals surface area contributed by atoms with Gasteiger partial charge in [-0.2, -0.15) is 8.78 Å². The molecule has 0 aromatic carbocycles. The van der Waals surface area contributed by atoms with Gasteiger partial charge in [0, 0.05) is 6.42 Å². The molecule has 0 aliphatic heterocycles. The molecular formula is C13H26F2NO6P. The molecule has 0 rings (SSSR count). The minimum Gasteiger partial charge on any atom is -0.444 e. The van der Waals surface area contributed by atoms with E-state index in [1.165, 1.54) is 13.8 Å². The lowest BCUT2D eigenvalue weighted by molar-refractivity contribution is 0.0116. The molecule has 0 saturated heterocycles. The second-order valence-corrected chi connectivity index (χ2v) is 7.89. The SMILES string of the molecule is CCOP(=O)(OCC)C(F)(F)C[C@@H](CO)NC(=O)OC(C)(C)C. The third kappa shape index (κ3) is 7.56. The summed E-state index contributed by atoms with van der Waals surface area (Å²) >= 11 is 0. The molecule has 0 fully saturated rings. The summed E-state index contributed by atoms with van der Waals surface area (Å²) in [6, 6.07) is -1.37. The Labute approximate surface area is 135 Å². The molecule has 0 radical (unpaired) electrons. The zero-order valence-corrected chi connectivity index (χ0v) is 15.0. The number of carbonyl (C=O) groups excluding carboxylic acids is 1. The number of halogens is 2. The Morgan fingerprint density at radius 2 is 1.70 bits per heavy atom. The standard InChI is InChI=1S/C13H26F2NO6P/c1-6-20-23(19,21-7-2)13(14,15)8-10(9-17)16-11(18)22-12(3,4)5/h10,17H,6-9H2,1-5H3,(H,16,18)/t10-/m0/s1. The lowest BCUT2D eigenvalue weighted by Gasteiger charge is -2.29. The Morgan fingerprint density at radius 3 is 2.04 bits per heavy atom. The predicted molar refractivity (Wildman–Crippen MR) is 80.7 cm³/mol. The number of aliphatic hydroxyl groups excluding tert-OH is 1. The van der Waals surface area contributed by atoms with Gasteiger partial charge in [0.2, 0.25) is 0 Å². The average molecular weight is 361 g/mol. The maximum Gasteiger partial charge on any atom is 0.407 e. The average Bonchev–Trinajstić information content (AvgIpc) is 2.35. The van der Waals surface area contributed by atoms with Crippen molar-refractivity contribution < 1.29 is 37.0 Å². The molecule has 1 atom stereocenters. The van der Waals surface area contributed by atoms with Crippen LogP contribution in [0.25, 0.3) is 0 Å². The lowest BCUT2D eigenvalue weighted by Crippen LogP contribution is -2.44. The highest BCUT2D eigenvalue weighted by Gasteiger charge is 2.54. The summed E-state index contributed by atoms with van der Waals surface area (Å²) in [5.41, 5.74) is -4.69. The van der Waals surface area contributed by atoms with Gasteiger partial charge in [-0.15, -0.1) is 0 Å². The van der Waals surface area contributed by atoms with Crippen molar-refractivity contribution in [2.45, 2.75) is 58.3 Å². The third-order valence-corrected chi connectivity index (χ3v) is 4.61. The van der Waals surface area contributed by atoms with Crippen molar-refractivity contribution >= 4 is 13.7 Å². The second-order valence-electron chi connectivity index (χ2n) is 5.73. The molecule has 0 aliphatic rings. The minimum atomic E-state index is -4.71. The molecule has 0 aromatic heterocycles. The van der Waals surface area contributed by atoms with E-state index in [2.05, 4.69) is 14.4 Å². The van der Waals surface area contributed by atoms with Crippen molar-refractivity contribution in [3.05, 3.63) is 0 Å². The van der Waals surface area contributed by atoms with Crippen molar-refractivity contribution in [2.75, 3.05) is 19.8 Å². The second kappa shape index (κ2) is 8.92. The molecule has 0 unspecified atom stereocenters. The first-order valence-electron chi connectivity index (χ1n) is 7.28. The Bertz CT molecular complexity index is 417. The van der Waals surface area contributed by atoms with Crippen LogP contribution >= 0.6 is 7.60 Å². The molecule has 10 heteroatoms. The molecule has 23 heavy (non-hydrogen) atoms. The normalized spacial score (nSPS) is 14.4.